The van der Waals surface area contributed by atoms with E-state index in [1.165, 1.54) is 25.0 Å². The SMILES string of the molecule is CCC(C)C(NC(=O)C(N)CCCCN)C(=O)NC(Cc1cnc[nH]1)C(=O)NC(Cc1cnc[nH]1)C(=O)O. The Kier molecular flexibility index (Phi) is 12.4. The van der Waals surface area contributed by atoms with Crippen molar-refractivity contribution in [1.82, 2.24) is 35.9 Å². The predicted octanol–water partition coefficient (Wildman–Crippen LogP) is -1.04. The van der Waals surface area contributed by atoms with E-state index in [-0.39, 0.29) is 18.8 Å². The topological polar surface area (TPSA) is 234 Å². The summed E-state index contributed by atoms with van der Waals surface area (Å²) in [6.45, 7) is 4.18. The highest BCUT2D eigenvalue weighted by atomic mass is 16.4. The van der Waals surface area contributed by atoms with Gasteiger partial charge in [-0.05, 0) is 25.3 Å². The molecule has 2 aromatic rings. The highest BCUT2D eigenvalue weighted by Crippen LogP contribution is 2.11. The molecular formula is C24H39N9O5. The molecule has 0 radical (unpaired) electrons. The molecule has 0 spiro atoms. The summed E-state index contributed by atoms with van der Waals surface area (Å²) in [6, 6.07) is -4.16. The monoisotopic (exact) mass is 533 g/mol. The lowest BCUT2D eigenvalue weighted by Gasteiger charge is -2.28. The molecule has 5 unspecified atom stereocenters. The Labute approximate surface area is 221 Å². The number of nitrogens with two attached hydrogens (primary N) is 2. The second-order valence-electron chi connectivity index (χ2n) is 9.29. The van der Waals surface area contributed by atoms with E-state index in [4.69, 9.17) is 11.5 Å². The van der Waals surface area contributed by atoms with Gasteiger partial charge in [0.25, 0.3) is 0 Å². The van der Waals surface area contributed by atoms with Crippen molar-refractivity contribution >= 4 is 23.7 Å². The molecular weight excluding hydrogens is 494 g/mol. The molecule has 38 heavy (non-hydrogen) atoms. The van der Waals surface area contributed by atoms with Crippen LogP contribution in [0.25, 0.3) is 0 Å². The number of imidazole rings is 2. The number of hydrogen-bond donors (Lipinski definition) is 8. The van der Waals surface area contributed by atoms with Gasteiger partial charge in [-0.1, -0.05) is 26.7 Å². The number of carboxylic acid groups (broad SMARTS) is 1. The van der Waals surface area contributed by atoms with Crippen LogP contribution in [0.1, 0.15) is 50.9 Å². The maximum Gasteiger partial charge on any atom is 0.326 e. The molecule has 0 aliphatic heterocycles. The number of nitrogens with one attached hydrogen (secondary N) is 5. The van der Waals surface area contributed by atoms with Gasteiger partial charge in [-0.25, -0.2) is 14.8 Å². The zero-order chi connectivity index (χ0) is 28.1. The molecule has 3 amide bonds. The summed E-state index contributed by atoms with van der Waals surface area (Å²) in [6.07, 6.45) is 8.21. The Bertz CT molecular complexity index is 1010. The minimum Gasteiger partial charge on any atom is -0.480 e. The van der Waals surface area contributed by atoms with Crippen LogP contribution in [-0.2, 0) is 32.0 Å². The zero-order valence-electron chi connectivity index (χ0n) is 21.8. The van der Waals surface area contributed by atoms with Crippen LogP contribution in [-0.4, -0.2) is 79.4 Å². The van der Waals surface area contributed by atoms with E-state index >= 15 is 0 Å². The molecule has 0 aromatic carbocycles. The molecule has 210 valence electrons. The van der Waals surface area contributed by atoms with Gasteiger partial charge in [0.2, 0.25) is 17.7 Å². The number of rotatable bonds is 17. The minimum absolute atomic E-state index is 0.0216. The standard InChI is InChI=1S/C24H39N9O5/c1-3-14(2)20(33-21(34)17(26)6-4-5-7-25)23(36)31-18(8-15-10-27-12-29-15)22(35)32-19(24(37)38)9-16-11-28-13-30-16/h10-14,17-20H,3-9,25-26H2,1-2H3,(H,27,29)(H,28,30)(H,31,36)(H,32,35)(H,33,34)(H,37,38). The fraction of sp³-hybridized carbons (Fsp3) is 0.583. The van der Waals surface area contributed by atoms with E-state index in [0.717, 1.165) is 6.42 Å². The summed E-state index contributed by atoms with van der Waals surface area (Å²) in [5.74, 6) is -3.26. The van der Waals surface area contributed by atoms with Crippen molar-refractivity contribution in [3.05, 3.63) is 36.4 Å². The highest BCUT2D eigenvalue weighted by Gasteiger charge is 2.33. The van der Waals surface area contributed by atoms with Crippen molar-refractivity contribution in [1.29, 1.82) is 0 Å². The molecule has 10 N–H and O–H groups in total. The number of nitrogens with zero attached hydrogens (tertiary/aromatic N) is 2. The molecule has 14 heteroatoms. The van der Waals surface area contributed by atoms with Crippen LogP contribution in [0.5, 0.6) is 0 Å². The second-order valence-corrected chi connectivity index (χ2v) is 9.29. The van der Waals surface area contributed by atoms with Gasteiger partial charge < -0.3 is 42.5 Å². The number of aromatic nitrogens is 4. The molecule has 0 aliphatic carbocycles. The fourth-order valence-electron chi connectivity index (χ4n) is 3.78. The third-order valence-corrected chi connectivity index (χ3v) is 6.30. The first-order valence-electron chi connectivity index (χ1n) is 12.7. The summed E-state index contributed by atoms with van der Waals surface area (Å²) in [5, 5.41) is 17.5. The van der Waals surface area contributed by atoms with E-state index in [0.29, 0.717) is 37.2 Å². The number of amides is 3. The molecule has 2 rings (SSSR count). The van der Waals surface area contributed by atoms with Gasteiger partial charge in [0.05, 0.1) is 18.7 Å². The summed E-state index contributed by atoms with van der Waals surface area (Å²) < 4.78 is 0. The van der Waals surface area contributed by atoms with Crippen molar-refractivity contribution in [2.75, 3.05) is 6.54 Å². The van der Waals surface area contributed by atoms with Crippen LogP contribution in [0.15, 0.2) is 25.0 Å². The van der Waals surface area contributed by atoms with Gasteiger partial charge in [0.15, 0.2) is 0 Å². The van der Waals surface area contributed by atoms with Crippen molar-refractivity contribution in [3.8, 4) is 0 Å². The van der Waals surface area contributed by atoms with Crippen molar-refractivity contribution < 1.29 is 24.3 Å². The number of hydrogen-bond acceptors (Lipinski definition) is 8. The quantitative estimate of drug-likeness (QED) is 0.116. The normalized spacial score (nSPS) is 15.1. The van der Waals surface area contributed by atoms with Crippen molar-refractivity contribution in [3.63, 3.8) is 0 Å². The molecule has 2 aromatic heterocycles. The van der Waals surface area contributed by atoms with Crippen LogP contribution in [0.3, 0.4) is 0 Å². The highest BCUT2D eigenvalue weighted by molar-refractivity contribution is 5.94. The Balaban J connectivity index is 2.17. The third kappa shape index (κ3) is 9.59. The number of carbonyl (C=O) groups is 4. The van der Waals surface area contributed by atoms with Crippen LogP contribution >= 0.6 is 0 Å². The van der Waals surface area contributed by atoms with E-state index in [1.807, 2.05) is 6.92 Å². The first-order valence-corrected chi connectivity index (χ1v) is 12.7. The summed E-state index contributed by atoms with van der Waals surface area (Å²) in [5.41, 5.74) is 12.6. The van der Waals surface area contributed by atoms with E-state index in [2.05, 4.69) is 35.9 Å². The second kappa shape index (κ2) is 15.5. The van der Waals surface area contributed by atoms with E-state index < -0.39 is 47.9 Å². The van der Waals surface area contributed by atoms with Gasteiger partial charge in [0, 0.05) is 36.6 Å². The largest absolute Gasteiger partial charge is 0.480 e. The lowest BCUT2D eigenvalue weighted by molar-refractivity contribution is -0.142. The Hall–Kier alpha value is -3.78. The average molecular weight is 534 g/mol. The van der Waals surface area contributed by atoms with Crippen LogP contribution in [0.2, 0.25) is 0 Å². The fourth-order valence-corrected chi connectivity index (χ4v) is 3.78. The van der Waals surface area contributed by atoms with Crippen molar-refractivity contribution in [2.45, 2.75) is 76.5 Å². The first-order chi connectivity index (χ1) is 18.2. The Morgan fingerprint density at radius 2 is 1.50 bits per heavy atom. The Morgan fingerprint density at radius 3 is 2.00 bits per heavy atom. The number of aliphatic carboxylic acids is 1. The van der Waals surface area contributed by atoms with Crippen LogP contribution in [0.4, 0.5) is 0 Å². The predicted molar refractivity (Wildman–Crippen MR) is 138 cm³/mol. The van der Waals surface area contributed by atoms with E-state index in [9.17, 15) is 24.3 Å². The lowest BCUT2D eigenvalue weighted by atomic mass is 9.96. The molecule has 14 nitrogen and oxygen atoms in total. The Morgan fingerprint density at radius 1 is 0.921 bits per heavy atom. The molecule has 0 bridgehead atoms. The molecule has 0 aliphatic rings. The zero-order valence-corrected chi connectivity index (χ0v) is 21.8. The first kappa shape index (κ1) is 30.4. The average Bonchev–Trinajstić information content (AvgIpc) is 3.60. The number of carboxylic acids is 1. The molecule has 2 heterocycles. The molecule has 0 fully saturated rings. The number of aromatic amines is 2. The third-order valence-electron chi connectivity index (χ3n) is 6.30. The summed E-state index contributed by atoms with van der Waals surface area (Å²) in [4.78, 5) is 64.6. The molecule has 0 saturated heterocycles. The minimum atomic E-state index is -1.26. The van der Waals surface area contributed by atoms with Crippen molar-refractivity contribution in [2.24, 2.45) is 17.4 Å². The summed E-state index contributed by atoms with van der Waals surface area (Å²) in [7, 11) is 0. The maximum atomic E-state index is 13.4. The van der Waals surface area contributed by atoms with Crippen LogP contribution < -0.4 is 27.4 Å². The van der Waals surface area contributed by atoms with Gasteiger partial charge in [0.1, 0.15) is 18.1 Å². The van der Waals surface area contributed by atoms with Gasteiger partial charge in [-0.2, -0.15) is 0 Å². The van der Waals surface area contributed by atoms with Crippen LogP contribution in [0, 0.1) is 5.92 Å². The molecule has 0 saturated carbocycles. The number of H-pyrrole nitrogens is 2. The summed E-state index contributed by atoms with van der Waals surface area (Å²) >= 11 is 0. The smallest absolute Gasteiger partial charge is 0.326 e. The number of unbranched alkanes of at least 4 members (excludes halogenated alkanes) is 1. The van der Waals surface area contributed by atoms with Gasteiger partial charge >= 0.3 is 5.97 Å². The molecule has 5 atom stereocenters. The van der Waals surface area contributed by atoms with E-state index in [1.54, 1.807) is 6.92 Å². The maximum absolute atomic E-state index is 13.4. The van der Waals surface area contributed by atoms with Gasteiger partial charge in [-0.15, -0.1) is 0 Å². The lowest BCUT2D eigenvalue weighted by Crippen LogP contribution is -2.59. The van der Waals surface area contributed by atoms with Gasteiger partial charge in [-0.3, -0.25) is 14.4 Å². The number of carbonyl (C=O) groups excluding carboxylic acids is 3.